The van der Waals surface area contributed by atoms with Crippen molar-refractivity contribution in [3.63, 3.8) is 0 Å². The molecule has 1 aromatic heterocycles. The molecule has 2 rings (SSSR count). The number of likely N-dealkylation sites (tertiary alicyclic amines) is 1. The van der Waals surface area contributed by atoms with Crippen LogP contribution in [0.25, 0.3) is 0 Å². The number of rotatable bonds is 5. The Bertz CT molecular complexity index is 385. The molecule has 1 aliphatic rings. The van der Waals surface area contributed by atoms with Gasteiger partial charge in [-0.25, -0.2) is 4.79 Å². The van der Waals surface area contributed by atoms with Gasteiger partial charge >= 0.3 is 6.03 Å². The molecule has 0 aromatic carbocycles. The summed E-state index contributed by atoms with van der Waals surface area (Å²) in [7, 11) is 1.67. The van der Waals surface area contributed by atoms with Crippen molar-refractivity contribution in [2.45, 2.75) is 25.9 Å². The molecule has 1 aliphatic heterocycles. The van der Waals surface area contributed by atoms with E-state index in [1.54, 1.807) is 13.3 Å². The molecule has 1 saturated heterocycles. The lowest BCUT2D eigenvalue weighted by molar-refractivity contribution is 0.183. The van der Waals surface area contributed by atoms with Crippen LogP contribution in [0.1, 0.15) is 18.4 Å². The minimum atomic E-state index is 0.0251. The Balaban J connectivity index is 1.75. The molecule has 0 atom stereocenters. The molecule has 1 fully saturated rings. The van der Waals surface area contributed by atoms with Crippen molar-refractivity contribution in [3.05, 3.63) is 18.0 Å². The second kappa shape index (κ2) is 6.39. The maximum atomic E-state index is 11.8. The Kier molecular flexibility index (Phi) is 4.58. The second-order valence-corrected chi connectivity index (χ2v) is 4.46. The maximum absolute atomic E-state index is 11.8. The Morgan fingerprint density at radius 2 is 2.28 bits per heavy atom. The quantitative estimate of drug-likeness (QED) is 0.844. The smallest absolute Gasteiger partial charge is 0.317 e. The van der Waals surface area contributed by atoms with Gasteiger partial charge in [0.25, 0.3) is 0 Å². The predicted octanol–water partition coefficient (Wildman–Crippen LogP) is 0.835. The number of nitrogens with one attached hydrogen (secondary N) is 1. The van der Waals surface area contributed by atoms with E-state index in [2.05, 4.69) is 10.4 Å². The van der Waals surface area contributed by atoms with Gasteiger partial charge in [-0.1, -0.05) is 0 Å². The van der Waals surface area contributed by atoms with Gasteiger partial charge in [-0.15, -0.1) is 0 Å². The summed E-state index contributed by atoms with van der Waals surface area (Å²) in [6.07, 6.45) is 5.94. The summed E-state index contributed by atoms with van der Waals surface area (Å²) in [4.78, 5) is 13.6. The van der Waals surface area contributed by atoms with Crippen LogP contribution in [0.2, 0.25) is 0 Å². The van der Waals surface area contributed by atoms with Crippen LogP contribution in [0.3, 0.4) is 0 Å². The largest absolute Gasteiger partial charge is 0.383 e. The van der Waals surface area contributed by atoms with Gasteiger partial charge in [-0.3, -0.25) is 4.68 Å². The third-order valence-electron chi connectivity index (χ3n) is 3.05. The first kappa shape index (κ1) is 12.9. The summed E-state index contributed by atoms with van der Waals surface area (Å²) >= 11 is 0. The second-order valence-electron chi connectivity index (χ2n) is 4.46. The Morgan fingerprint density at radius 3 is 3.00 bits per heavy atom. The fourth-order valence-corrected chi connectivity index (χ4v) is 2.01. The molecule has 1 aromatic rings. The topological polar surface area (TPSA) is 59.4 Å². The van der Waals surface area contributed by atoms with E-state index in [0.717, 1.165) is 38.0 Å². The number of hydrogen-bond donors (Lipinski definition) is 1. The van der Waals surface area contributed by atoms with Gasteiger partial charge in [0.2, 0.25) is 0 Å². The number of ether oxygens (including phenoxy) is 1. The monoisotopic (exact) mass is 252 g/mol. The summed E-state index contributed by atoms with van der Waals surface area (Å²) in [6, 6.07) is 0.0251. The molecule has 100 valence electrons. The number of amides is 2. The number of carbonyl (C=O) groups excluding carboxylic acids is 1. The molecular formula is C12H20N4O2. The van der Waals surface area contributed by atoms with Crippen molar-refractivity contribution in [3.8, 4) is 0 Å². The highest BCUT2D eigenvalue weighted by atomic mass is 16.5. The van der Waals surface area contributed by atoms with Crippen molar-refractivity contribution in [1.29, 1.82) is 0 Å². The molecule has 0 spiro atoms. The van der Waals surface area contributed by atoms with E-state index in [1.807, 2.05) is 15.8 Å². The van der Waals surface area contributed by atoms with Crippen LogP contribution in [-0.4, -0.2) is 47.5 Å². The summed E-state index contributed by atoms with van der Waals surface area (Å²) in [5, 5.41) is 7.11. The van der Waals surface area contributed by atoms with Crippen LogP contribution < -0.4 is 5.32 Å². The van der Waals surface area contributed by atoms with Crippen molar-refractivity contribution in [2.24, 2.45) is 0 Å². The van der Waals surface area contributed by atoms with E-state index in [9.17, 15) is 4.79 Å². The van der Waals surface area contributed by atoms with Crippen molar-refractivity contribution in [1.82, 2.24) is 20.0 Å². The third kappa shape index (κ3) is 3.46. The van der Waals surface area contributed by atoms with Gasteiger partial charge in [0.05, 0.1) is 19.3 Å². The number of nitrogens with zero attached hydrogens (tertiary/aromatic N) is 3. The zero-order chi connectivity index (χ0) is 12.8. The average molecular weight is 252 g/mol. The van der Waals surface area contributed by atoms with E-state index < -0.39 is 0 Å². The fraction of sp³-hybridized carbons (Fsp3) is 0.667. The maximum Gasteiger partial charge on any atom is 0.317 e. The zero-order valence-corrected chi connectivity index (χ0v) is 10.8. The molecule has 6 nitrogen and oxygen atoms in total. The fourth-order valence-electron chi connectivity index (χ4n) is 2.01. The van der Waals surface area contributed by atoms with Crippen LogP contribution in [0.5, 0.6) is 0 Å². The van der Waals surface area contributed by atoms with Crippen molar-refractivity contribution in [2.75, 3.05) is 26.8 Å². The van der Waals surface area contributed by atoms with Crippen LogP contribution in [0, 0.1) is 0 Å². The van der Waals surface area contributed by atoms with E-state index in [0.29, 0.717) is 13.2 Å². The normalized spacial score (nSPS) is 15.1. The van der Waals surface area contributed by atoms with Gasteiger partial charge < -0.3 is 15.0 Å². The first-order valence-corrected chi connectivity index (χ1v) is 6.32. The first-order chi connectivity index (χ1) is 8.79. The number of carbonyl (C=O) groups is 1. The van der Waals surface area contributed by atoms with Crippen LogP contribution >= 0.6 is 0 Å². The molecule has 0 bridgehead atoms. The molecular weight excluding hydrogens is 232 g/mol. The van der Waals surface area contributed by atoms with Gasteiger partial charge in [0, 0.05) is 38.5 Å². The molecule has 0 radical (unpaired) electrons. The van der Waals surface area contributed by atoms with Crippen LogP contribution in [0.4, 0.5) is 4.79 Å². The van der Waals surface area contributed by atoms with E-state index >= 15 is 0 Å². The van der Waals surface area contributed by atoms with E-state index in [1.165, 1.54) is 0 Å². The Morgan fingerprint density at radius 1 is 1.50 bits per heavy atom. The molecule has 6 heteroatoms. The zero-order valence-electron chi connectivity index (χ0n) is 10.8. The highest BCUT2D eigenvalue weighted by molar-refractivity contribution is 5.74. The molecule has 0 aliphatic carbocycles. The minimum absolute atomic E-state index is 0.0251. The first-order valence-electron chi connectivity index (χ1n) is 6.32. The summed E-state index contributed by atoms with van der Waals surface area (Å²) in [5.74, 6) is 0. The number of urea groups is 1. The summed E-state index contributed by atoms with van der Waals surface area (Å²) in [6.45, 7) is 3.65. The number of aromatic nitrogens is 2. The lowest BCUT2D eigenvalue weighted by Crippen LogP contribution is -2.37. The van der Waals surface area contributed by atoms with Crippen LogP contribution in [-0.2, 0) is 17.8 Å². The highest BCUT2D eigenvalue weighted by Crippen LogP contribution is 2.07. The highest BCUT2D eigenvalue weighted by Gasteiger charge is 2.17. The van der Waals surface area contributed by atoms with Crippen LogP contribution in [0.15, 0.2) is 12.4 Å². The van der Waals surface area contributed by atoms with Crippen molar-refractivity contribution < 1.29 is 9.53 Å². The lowest BCUT2D eigenvalue weighted by atomic mass is 10.3. The SMILES string of the molecule is COCCn1cc(CNC(=O)N2CCCC2)cn1. The van der Waals surface area contributed by atoms with Gasteiger partial charge in [0.1, 0.15) is 0 Å². The van der Waals surface area contributed by atoms with E-state index in [4.69, 9.17) is 4.74 Å². The number of methoxy groups -OCH3 is 1. The van der Waals surface area contributed by atoms with E-state index in [-0.39, 0.29) is 6.03 Å². The van der Waals surface area contributed by atoms with Gasteiger partial charge in [-0.05, 0) is 12.8 Å². The summed E-state index contributed by atoms with van der Waals surface area (Å²) in [5.41, 5.74) is 1.01. The average Bonchev–Trinajstić information content (AvgIpc) is 3.04. The third-order valence-corrected chi connectivity index (χ3v) is 3.05. The Labute approximate surface area is 107 Å². The minimum Gasteiger partial charge on any atom is -0.383 e. The lowest BCUT2D eigenvalue weighted by Gasteiger charge is -2.15. The molecule has 2 amide bonds. The molecule has 18 heavy (non-hydrogen) atoms. The van der Waals surface area contributed by atoms with Gasteiger partial charge in [0.15, 0.2) is 0 Å². The molecule has 0 saturated carbocycles. The van der Waals surface area contributed by atoms with Gasteiger partial charge in [-0.2, -0.15) is 5.10 Å². The number of hydrogen-bond acceptors (Lipinski definition) is 3. The Hall–Kier alpha value is -1.56. The molecule has 2 heterocycles. The molecule has 0 unspecified atom stereocenters. The molecule has 1 N–H and O–H groups in total. The standard InChI is InChI=1S/C12H20N4O2/c1-18-7-6-16-10-11(9-14-16)8-13-12(17)15-4-2-3-5-15/h9-10H,2-8H2,1H3,(H,13,17). The summed E-state index contributed by atoms with van der Waals surface area (Å²) < 4.78 is 6.80. The van der Waals surface area contributed by atoms with Crippen molar-refractivity contribution >= 4 is 6.03 Å². The predicted molar refractivity (Wildman–Crippen MR) is 67.1 cm³/mol.